The van der Waals surface area contributed by atoms with E-state index in [1.54, 1.807) is 0 Å². The van der Waals surface area contributed by atoms with E-state index in [4.69, 9.17) is 9.96 Å². The molecule has 21 heavy (non-hydrogen) atoms. The highest BCUT2D eigenvalue weighted by Gasteiger charge is 2.39. The Labute approximate surface area is 128 Å². The molecule has 0 saturated heterocycles. The third-order valence-corrected chi connectivity index (χ3v) is 9.13. The van der Waals surface area contributed by atoms with Crippen molar-refractivity contribution in [2.45, 2.75) is 64.2 Å². The summed E-state index contributed by atoms with van der Waals surface area (Å²) in [6.45, 7) is 11.3. The van der Waals surface area contributed by atoms with Crippen molar-refractivity contribution in [1.29, 1.82) is 0 Å². The Hall–Kier alpha value is -1.45. The van der Waals surface area contributed by atoms with Gasteiger partial charge in [0.25, 0.3) is 0 Å². The van der Waals surface area contributed by atoms with Gasteiger partial charge < -0.3 is 4.43 Å². The van der Waals surface area contributed by atoms with Crippen molar-refractivity contribution in [2.24, 2.45) is 5.11 Å². The zero-order valence-electron chi connectivity index (χ0n) is 13.7. The molecule has 1 aromatic carbocycles. The van der Waals surface area contributed by atoms with Crippen LogP contribution >= 0.6 is 0 Å². The first-order chi connectivity index (χ1) is 9.74. The summed E-state index contributed by atoms with van der Waals surface area (Å²) in [4.78, 5) is 2.97. The van der Waals surface area contributed by atoms with Crippen LogP contribution < -0.4 is 4.43 Å². The van der Waals surface area contributed by atoms with E-state index >= 15 is 0 Å². The molecule has 0 aliphatic heterocycles. The summed E-state index contributed by atoms with van der Waals surface area (Å²) in [6, 6.07) is 6.25. The zero-order chi connectivity index (χ0) is 15.7. The highest BCUT2D eigenvalue weighted by molar-refractivity contribution is 6.74. The quantitative estimate of drug-likeness (QED) is 0.303. The van der Waals surface area contributed by atoms with E-state index in [0.717, 1.165) is 25.0 Å². The van der Waals surface area contributed by atoms with Crippen molar-refractivity contribution < 1.29 is 4.43 Å². The molecule has 0 heterocycles. The highest BCUT2D eigenvalue weighted by atomic mass is 28.4. The summed E-state index contributed by atoms with van der Waals surface area (Å²) in [5, 5.41) is 4.11. The predicted molar refractivity (Wildman–Crippen MR) is 89.1 cm³/mol. The number of azide groups is 1. The molecular formula is C16H25N3OSi. The molecule has 0 spiro atoms. The predicted octanol–water partition coefficient (Wildman–Crippen LogP) is 5.76. The van der Waals surface area contributed by atoms with E-state index < -0.39 is 8.32 Å². The molecule has 0 saturated carbocycles. The van der Waals surface area contributed by atoms with Gasteiger partial charge in [-0.1, -0.05) is 32.0 Å². The maximum atomic E-state index is 8.68. The van der Waals surface area contributed by atoms with Gasteiger partial charge in [0.1, 0.15) is 5.75 Å². The SMILES string of the molecule is CC(C)(C)[Si](C)(C)Oc1ccc2c(c1)CCC[C@H]2N=[N+]=[N-]. The van der Waals surface area contributed by atoms with Gasteiger partial charge in [-0.15, -0.1) is 0 Å². The summed E-state index contributed by atoms with van der Waals surface area (Å²) < 4.78 is 6.36. The van der Waals surface area contributed by atoms with Gasteiger partial charge in [0.2, 0.25) is 8.32 Å². The van der Waals surface area contributed by atoms with Gasteiger partial charge in [0.15, 0.2) is 0 Å². The Morgan fingerprint density at radius 3 is 2.67 bits per heavy atom. The van der Waals surface area contributed by atoms with Crippen molar-refractivity contribution in [1.82, 2.24) is 0 Å². The van der Waals surface area contributed by atoms with Crippen molar-refractivity contribution in [3.05, 3.63) is 39.8 Å². The van der Waals surface area contributed by atoms with E-state index in [-0.39, 0.29) is 11.1 Å². The summed E-state index contributed by atoms with van der Waals surface area (Å²) >= 11 is 0. The molecule has 1 aromatic rings. The fraction of sp³-hybridized carbons (Fsp3) is 0.625. The number of benzene rings is 1. The van der Waals surface area contributed by atoms with Gasteiger partial charge in [0.05, 0.1) is 6.04 Å². The van der Waals surface area contributed by atoms with Crippen LogP contribution in [0.5, 0.6) is 5.75 Å². The summed E-state index contributed by atoms with van der Waals surface area (Å²) in [5.41, 5.74) is 11.1. The molecule has 1 atom stereocenters. The number of fused-ring (bicyclic) bond motifs is 1. The normalized spacial score (nSPS) is 18.6. The molecule has 0 radical (unpaired) electrons. The van der Waals surface area contributed by atoms with E-state index in [1.807, 2.05) is 6.07 Å². The maximum absolute atomic E-state index is 8.68. The molecule has 0 aromatic heterocycles. The van der Waals surface area contributed by atoms with Crippen LogP contribution in [0.4, 0.5) is 0 Å². The van der Waals surface area contributed by atoms with Crippen LogP contribution in [-0.4, -0.2) is 8.32 Å². The lowest BCUT2D eigenvalue weighted by atomic mass is 9.88. The lowest BCUT2D eigenvalue weighted by Gasteiger charge is -2.36. The Balaban J connectivity index is 2.28. The van der Waals surface area contributed by atoms with Gasteiger partial charge >= 0.3 is 0 Å². The standard InChI is InChI=1S/C16H25N3OSi/c1-16(2,3)21(4,5)20-13-9-10-14-12(11-13)7-6-8-15(14)18-19-17/h9-11,15H,6-8H2,1-5H3/t15-/m1/s1. The molecule has 114 valence electrons. The van der Waals surface area contributed by atoms with Gasteiger partial charge in [-0.05, 0) is 66.2 Å². The van der Waals surface area contributed by atoms with Gasteiger partial charge in [-0.25, -0.2) is 0 Å². The monoisotopic (exact) mass is 303 g/mol. The topological polar surface area (TPSA) is 58.0 Å². The maximum Gasteiger partial charge on any atom is 0.250 e. The van der Waals surface area contributed by atoms with E-state index in [0.29, 0.717) is 0 Å². The summed E-state index contributed by atoms with van der Waals surface area (Å²) in [5.74, 6) is 0.960. The first-order valence-electron chi connectivity index (χ1n) is 7.60. The minimum atomic E-state index is -1.81. The van der Waals surface area contributed by atoms with Crippen LogP contribution in [0.25, 0.3) is 10.4 Å². The lowest BCUT2D eigenvalue weighted by Crippen LogP contribution is -2.43. The number of aryl methyl sites for hydroxylation is 1. The van der Waals surface area contributed by atoms with Crippen molar-refractivity contribution in [3.8, 4) is 5.75 Å². The summed E-state index contributed by atoms with van der Waals surface area (Å²) in [6.07, 6.45) is 3.06. The highest BCUT2D eigenvalue weighted by Crippen LogP contribution is 2.39. The van der Waals surface area contributed by atoms with Crippen LogP contribution in [0, 0.1) is 0 Å². The molecular weight excluding hydrogens is 278 g/mol. The molecule has 0 N–H and O–H groups in total. The minimum Gasteiger partial charge on any atom is -0.543 e. The second kappa shape index (κ2) is 5.74. The Kier molecular flexibility index (Phi) is 4.35. The average molecular weight is 303 g/mol. The van der Waals surface area contributed by atoms with Crippen LogP contribution in [0.3, 0.4) is 0 Å². The number of rotatable bonds is 3. The third kappa shape index (κ3) is 3.42. The number of hydrogen-bond acceptors (Lipinski definition) is 2. The molecule has 2 rings (SSSR count). The molecule has 5 heteroatoms. The zero-order valence-corrected chi connectivity index (χ0v) is 14.7. The molecule has 4 nitrogen and oxygen atoms in total. The first kappa shape index (κ1) is 15.9. The molecule has 0 fully saturated rings. The second-order valence-electron chi connectivity index (χ2n) is 7.34. The average Bonchev–Trinajstić information content (AvgIpc) is 2.37. The second-order valence-corrected chi connectivity index (χ2v) is 12.1. The third-order valence-electron chi connectivity index (χ3n) is 4.77. The largest absolute Gasteiger partial charge is 0.543 e. The Morgan fingerprint density at radius 2 is 2.05 bits per heavy atom. The first-order valence-corrected chi connectivity index (χ1v) is 10.5. The van der Waals surface area contributed by atoms with Crippen LogP contribution in [0.1, 0.15) is 50.8 Å². The smallest absolute Gasteiger partial charge is 0.250 e. The number of nitrogens with zero attached hydrogens (tertiary/aromatic N) is 3. The van der Waals surface area contributed by atoms with Gasteiger partial charge in [-0.2, -0.15) is 0 Å². The van der Waals surface area contributed by atoms with Crippen LogP contribution in [0.2, 0.25) is 18.1 Å². The molecule has 1 aliphatic carbocycles. The molecule has 1 aliphatic rings. The van der Waals surface area contributed by atoms with Gasteiger partial charge in [-0.3, -0.25) is 0 Å². The van der Waals surface area contributed by atoms with Crippen molar-refractivity contribution in [2.75, 3.05) is 0 Å². The lowest BCUT2D eigenvalue weighted by molar-refractivity contribution is 0.489. The summed E-state index contributed by atoms with van der Waals surface area (Å²) in [7, 11) is -1.81. The Bertz CT molecular complexity index is 571. The Morgan fingerprint density at radius 1 is 1.33 bits per heavy atom. The molecule has 0 amide bonds. The van der Waals surface area contributed by atoms with Gasteiger partial charge in [0, 0.05) is 4.91 Å². The van der Waals surface area contributed by atoms with Crippen molar-refractivity contribution >= 4 is 8.32 Å². The van der Waals surface area contributed by atoms with E-state index in [1.165, 1.54) is 11.1 Å². The molecule has 0 unspecified atom stereocenters. The van der Waals surface area contributed by atoms with E-state index in [2.05, 4.69) is 56.0 Å². The van der Waals surface area contributed by atoms with Crippen molar-refractivity contribution in [3.63, 3.8) is 0 Å². The molecule has 0 bridgehead atoms. The fourth-order valence-corrected chi connectivity index (χ4v) is 3.48. The van der Waals surface area contributed by atoms with Crippen LogP contribution in [0.15, 0.2) is 23.3 Å². The van der Waals surface area contributed by atoms with Crippen LogP contribution in [-0.2, 0) is 6.42 Å². The fourth-order valence-electron chi connectivity index (χ4n) is 2.46. The van der Waals surface area contributed by atoms with E-state index in [9.17, 15) is 0 Å². The number of hydrogen-bond donors (Lipinski definition) is 0. The minimum absolute atomic E-state index is 0.0133.